The molecule has 1 rings (SSSR count). The molecule has 1 unspecified atom stereocenters. The van der Waals surface area contributed by atoms with Crippen LogP contribution in [0.3, 0.4) is 0 Å². The van der Waals surface area contributed by atoms with Gasteiger partial charge in [0, 0.05) is 0 Å². The van der Waals surface area contributed by atoms with Gasteiger partial charge in [0.05, 0.1) is 0 Å². The highest BCUT2D eigenvalue weighted by molar-refractivity contribution is 5.92. The molecular weight excluding hydrogens is 208 g/mol. The van der Waals surface area contributed by atoms with Crippen LogP contribution in [0, 0.1) is 5.92 Å². The van der Waals surface area contributed by atoms with Crippen molar-refractivity contribution in [1.82, 2.24) is 5.32 Å². The molecule has 2 amide bonds. The number of carbonyl (C=O) groups excluding carboxylic acids is 2. The van der Waals surface area contributed by atoms with Crippen LogP contribution in [0.4, 0.5) is 0 Å². The van der Waals surface area contributed by atoms with Crippen LogP contribution in [-0.4, -0.2) is 28.6 Å². The highest BCUT2D eigenvalue weighted by Crippen LogP contribution is 2.29. The molecule has 5 heteroatoms. The highest BCUT2D eigenvalue weighted by Gasteiger charge is 2.42. The molecule has 0 radical (unpaired) electrons. The molecule has 0 bridgehead atoms. The third-order valence-corrected chi connectivity index (χ3v) is 3.19. The third-order valence-electron chi connectivity index (χ3n) is 3.19. The van der Waals surface area contributed by atoms with Gasteiger partial charge in [-0.25, -0.2) is 0 Å². The molecule has 1 aliphatic carbocycles. The lowest BCUT2D eigenvalue weighted by atomic mass is 9.95. The van der Waals surface area contributed by atoms with Crippen molar-refractivity contribution in [3.8, 4) is 0 Å². The molecule has 0 saturated heterocycles. The van der Waals surface area contributed by atoms with Crippen molar-refractivity contribution in [3.63, 3.8) is 0 Å². The summed E-state index contributed by atoms with van der Waals surface area (Å²) in [6.45, 7) is 3.49. The number of nitrogens with one attached hydrogen (secondary N) is 1. The van der Waals surface area contributed by atoms with Gasteiger partial charge in [-0.05, 0) is 18.8 Å². The fourth-order valence-electron chi connectivity index (χ4n) is 2.02. The molecule has 0 aliphatic heterocycles. The van der Waals surface area contributed by atoms with E-state index in [4.69, 9.17) is 5.73 Å². The van der Waals surface area contributed by atoms with Crippen molar-refractivity contribution in [2.45, 2.75) is 51.2 Å². The molecule has 0 aromatic heterocycles. The van der Waals surface area contributed by atoms with E-state index in [2.05, 4.69) is 5.32 Å². The van der Waals surface area contributed by atoms with E-state index in [1.807, 2.05) is 0 Å². The van der Waals surface area contributed by atoms with Crippen LogP contribution in [0.15, 0.2) is 0 Å². The number of hydrogen-bond donors (Lipinski definition) is 3. The number of aliphatic hydroxyl groups is 1. The van der Waals surface area contributed by atoms with Crippen LogP contribution < -0.4 is 11.1 Å². The number of hydrogen-bond acceptors (Lipinski definition) is 3. The Labute approximate surface area is 95.4 Å². The van der Waals surface area contributed by atoms with Gasteiger partial charge >= 0.3 is 0 Å². The highest BCUT2D eigenvalue weighted by atomic mass is 16.3. The van der Waals surface area contributed by atoms with Crippen LogP contribution in [0.1, 0.15) is 39.5 Å². The van der Waals surface area contributed by atoms with Crippen molar-refractivity contribution >= 4 is 11.8 Å². The van der Waals surface area contributed by atoms with Gasteiger partial charge in [-0.1, -0.05) is 26.7 Å². The van der Waals surface area contributed by atoms with E-state index >= 15 is 0 Å². The molecule has 1 atom stereocenters. The van der Waals surface area contributed by atoms with Crippen molar-refractivity contribution < 1.29 is 14.7 Å². The van der Waals surface area contributed by atoms with Crippen LogP contribution in [0.25, 0.3) is 0 Å². The first-order chi connectivity index (χ1) is 7.39. The Balaban J connectivity index is 2.70. The number of amides is 2. The van der Waals surface area contributed by atoms with Crippen molar-refractivity contribution in [3.05, 3.63) is 0 Å². The molecule has 0 spiro atoms. The number of rotatable bonds is 4. The Morgan fingerprint density at radius 1 is 1.31 bits per heavy atom. The van der Waals surface area contributed by atoms with E-state index in [0.29, 0.717) is 12.8 Å². The zero-order chi connectivity index (χ0) is 12.3. The fraction of sp³-hybridized carbons (Fsp3) is 0.818. The maximum absolute atomic E-state index is 11.7. The molecule has 0 aromatic rings. The minimum atomic E-state index is -1.09. The largest absolute Gasteiger partial charge is 0.383 e. The first kappa shape index (κ1) is 13.0. The van der Waals surface area contributed by atoms with Crippen LogP contribution in [0.5, 0.6) is 0 Å². The number of carbonyl (C=O) groups is 2. The summed E-state index contributed by atoms with van der Waals surface area (Å²) in [6, 6.07) is 0. The second-order valence-electron chi connectivity index (χ2n) is 4.83. The quantitative estimate of drug-likeness (QED) is 0.628. The fourth-order valence-corrected chi connectivity index (χ4v) is 2.02. The van der Waals surface area contributed by atoms with Crippen molar-refractivity contribution in [2.24, 2.45) is 11.7 Å². The average Bonchev–Trinajstić information content (AvgIpc) is 2.66. The Kier molecular flexibility index (Phi) is 3.91. The maximum Gasteiger partial charge on any atom is 0.249 e. The van der Waals surface area contributed by atoms with Gasteiger partial charge in [0.25, 0.3) is 0 Å². The lowest BCUT2D eigenvalue weighted by Crippen LogP contribution is -2.58. The van der Waals surface area contributed by atoms with Crippen LogP contribution >= 0.6 is 0 Å². The summed E-state index contributed by atoms with van der Waals surface area (Å²) >= 11 is 0. The predicted octanol–water partition coefficient (Wildman–Crippen LogP) is -0.0824. The number of nitrogens with two attached hydrogens (primary N) is 1. The molecule has 5 nitrogen and oxygen atoms in total. The summed E-state index contributed by atoms with van der Waals surface area (Å²) in [7, 11) is 0. The molecule has 1 fully saturated rings. The number of primary amides is 1. The van der Waals surface area contributed by atoms with Crippen LogP contribution in [-0.2, 0) is 9.59 Å². The standard InChI is InChI=1S/C11H20N2O3/c1-7(2)8(14)9(15)13-11(10(12)16)5-3-4-6-11/h7-8,14H,3-6H2,1-2H3,(H2,12,16)(H,13,15). The molecule has 92 valence electrons. The van der Waals surface area contributed by atoms with Gasteiger partial charge in [0.15, 0.2) is 0 Å². The topological polar surface area (TPSA) is 92.4 Å². The van der Waals surface area contributed by atoms with Gasteiger partial charge in [-0.3, -0.25) is 9.59 Å². The first-order valence-electron chi connectivity index (χ1n) is 5.69. The summed E-state index contributed by atoms with van der Waals surface area (Å²) in [6.07, 6.45) is 1.80. The van der Waals surface area contributed by atoms with Crippen LogP contribution in [0.2, 0.25) is 0 Å². The Morgan fingerprint density at radius 2 is 1.81 bits per heavy atom. The van der Waals surface area contributed by atoms with Crippen molar-refractivity contribution in [1.29, 1.82) is 0 Å². The zero-order valence-corrected chi connectivity index (χ0v) is 9.82. The molecule has 1 saturated carbocycles. The van der Waals surface area contributed by atoms with E-state index in [-0.39, 0.29) is 5.92 Å². The normalized spacial score (nSPS) is 20.8. The minimum Gasteiger partial charge on any atom is -0.383 e. The molecule has 1 aliphatic rings. The summed E-state index contributed by atoms with van der Waals surface area (Å²) in [5.41, 5.74) is 4.38. The lowest BCUT2D eigenvalue weighted by molar-refractivity contribution is -0.138. The van der Waals surface area contributed by atoms with E-state index in [1.54, 1.807) is 13.8 Å². The second kappa shape index (κ2) is 4.82. The van der Waals surface area contributed by atoms with Gasteiger partial charge in [0.2, 0.25) is 11.8 Å². The molecule has 0 aromatic carbocycles. The summed E-state index contributed by atoms with van der Waals surface area (Å²) in [5, 5.41) is 12.2. The zero-order valence-electron chi connectivity index (χ0n) is 9.82. The second-order valence-corrected chi connectivity index (χ2v) is 4.83. The Bertz CT molecular complexity index is 283. The molecular formula is C11H20N2O3. The Morgan fingerprint density at radius 3 is 2.19 bits per heavy atom. The monoisotopic (exact) mass is 228 g/mol. The van der Waals surface area contributed by atoms with Gasteiger partial charge in [-0.2, -0.15) is 0 Å². The van der Waals surface area contributed by atoms with Gasteiger partial charge in [0.1, 0.15) is 11.6 Å². The molecule has 0 heterocycles. The van der Waals surface area contributed by atoms with E-state index in [1.165, 1.54) is 0 Å². The van der Waals surface area contributed by atoms with Crippen molar-refractivity contribution in [2.75, 3.05) is 0 Å². The van der Waals surface area contributed by atoms with E-state index < -0.39 is 23.5 Å². The molecule has 4 N–H and O–H groups in total. The third kappa shape index (κ3) is 2.52. The number of aliphatic hydroxyl groups excluding tert-OH is 1. The van der Waals surface area contributed by atoms with E-state index in [0.717, 1.165) is 12.8 Å². The van der Waals surface area contributed by atoms with Gasteiger partial charge in [-0.15, -0.1) is 0 Å². The summed E-state index contributed by atoms with van der Waals surface area (Å²) in [4.78, 5) is 23.1. The lowest BCUT2D eigenvalue weighted by Gasteiger charge is -2.28. The maximum atomic E-state index is 11.7. The predicted molar refractivity (Wildman–Crippen MR) is 59.4 cm³/mol. The Hall–Kier alpha value is -1.10. The summed E-state index contributed by atoms with van der Waals surface area (Å²) in [5.74, 6) is -1.18. The molecule has 16 heavy (non-hydrogen) atoms. The minimum absolute atomic E-state index is 0.175. The van der Waals surface area contributed by atoms with E-state index in [9.17, 15) is 14.7 Å². The first-order valence-corrected chi connectivity index (χ1v) is 5.69. The van der Waals surface area contributed by atoms with Gasteiger partial charge < -0.3 is 16.2 Å². The SMILES string of the molecule is CC(C)C(O)C(=O)NC1(C(N)=O)CCCC1. The smallest absolute Gasteiger partial charge is 0.249 e. The summed E-state index contributed by atoms with van der Waals surface area (Å²) < 4.78 is 0. The average molecular weight is 228 g/mol.